The summed E-state index contributed by atoms with van der Waals surface area (Å²) in [5, 5.41) is 22.0. The van der Waals surface area contributed by atoms with Crippen molar-refractivity contribution in [2.45, 2.75) is 0 Å². The summed E-state index contributed by atoms with van der Waals surface area (Å²) in [5.74, 6) is 1.32. The molecule has 33 heavy (non-hydrogen) atoms. The largest absolute Gasteiger partial charge is 0.497 e. The van der Waals surface area contributed by atoms with Crippen LogP contribution in [0.2, 0.25) is 0 Å². The molecule has 1 N–H and O–H groups in total. The maximum absolute atomic E-state index is 11.0. The van der Waals surface area contributed by atoms with Gasteiger partial charge in [0.05, 0.1) is 28.3 Å². The van der Waals surface area contributed by atoms with Crippen LogP contribution in [0, 0.1) is 20.2 Å². The number of hydrogen-bond acceptors (Lipinski definition) is 6. The van der Waals surface area contributed by atoms with E-state index in [9.17, 15) is 20.2 Å². The van der Waals surface area contributed by atoms with Gasteiger partial charge >= 0.3 is 0 Å². The summed E-state index contributed by atoms with van der Waals surface area (Å²) in [6, 6.07) is 19.7. The first-order valence-corrected chi connectivity index (χ1v) is 9.86. The first-order valence-electron chi connectivity index (χ1n) is 9.86. The van der Waals surface area contributed by atoms with Gasteiger partial charge in [-0.2, -0.15) is 0 Å². The minimum absolute atomic E-state index is 0.0187. The Labute approximate surface area is 188 Å². The van der Waals surface area contributed by atoms with E-state index in [1.54, 1.807) is 31.4 Å². The Hall–Kier alpha value is -4.79. The van der Waals surface area contributed by atoms with E-state index in [1.165, 1.54) is 24.3 Å². The Morgan fingerprint density at radius 1 is 0.788 bits per heavy atom. The molecule has 1 heterocycles. The van der Waals surface area contributed by atoms with Gasteiger partial charge in [0, 0.05) is 35.4 Å². The predicted octanol–water partition coefficient (Wildman–Crippen LogP) is 5.74. The molecule has 9 heteroatoms. The van der Waals surface area contributed by atoms with Crippen LogP contribution in [-0.2, 0) is 0 Å². The molecule has 0 aliphatic rings. The van der Waals surface area contributed by atoms with Crippen LogP contribution in [0.1, 0.15) is 11.4 Å². The summed E-state index contributed by atoms with van der Waals surface area (Å²) in [4.78, 5) is 29.0. The highest BCUT2D eigenvalue weighted by Gasteiger charge is 2.16. The Morgan fingerprint density at radius 2 is 1.33 bits per heavy atom. The molecule has 1 aromatic heterocycles. The van der Waals surface area contributed by atoms with Crippen LogP contribution in [0.4, 0.5) is 11.4 Å². The number of hydrogen-bond donors (Lipinski definition) is 1. The van der Waals surface area contributed by atoms with Crippen LogP contribution in [0.15, 0.2) is 72.8 Å². The number of nitro benzene ring substituents is 2. The van der Waals surface area contributed by atoms with Crippen molar-refractivity contribution in [3.63, 3.8) is 0 Å². The molecule has 0 aliphatic carbocycles. The minimum atomic E-state index is -0.464. The number of aromatic nitrogens is 2. The van der Waals surface area contributed by atoms with Gasteiger partial charge in [0.15, 0.2) is 0 Å². The van der Waals surface area contributed by atoms with Crippen molar-refractivity contribution in [2.75, 3.05) is 7.11 Å². The van der Waals surface area contributed by atoms with E-state index >= 15 is 0 Å². The fourth-order valence-electron chi connectivity index (χ4n) is 3.27. The number of imidazole rings is 1. The van der Waals surface area contributed by atoms with Gasteiger partial charge in [0.25, 0.3) is 11.4 Å². The van der Waals surface area contributed by atoms with Crippen LogP contribution in [0.5, 0.6) is 5.75 Å². The number of benzene rings is 3. The molecule has 0 saturated heterocycles. The lowest BCUT2D eigenvalue weighted by Crippen LogP contribution is -1.89. The number of non-ortho nitro benzene ring substituents is 2. The first kappa shape index (κ1) is 21.4. The molecule has 0 unspecified atom stereocenters. The van der Waals surface area contributed by atoms with E-state index in [-0.39, 0.29) is 11.4 Å². The average molecular weight is 442 g/mol. The van der Waals surface area contributed by atoms with E-state index in [0.717, 1.165) is 11.3 Å². The predicted molar refractivity (Wildman–Crippen MR) is 125 cm³/mol. The lowest BCUT2D eigenvalue weighted by molar-refractivity contribution is -0.385. The smallest absolute Gasteiger partial charge is 0.269 e. The van der Waals surface area contributed by atoms with Crippen molar-refractivity contribution in [1.82, 2.24) is 9.97 Å². The third-order valence-electron chi connectivity index (χ3n) is 4.99. The molecule has 0 aliphatic heterocycles. The van der Waals surface area contributed by atoms with Crippen LogP contribution in [0.25, 0.3) is 34.7 Å². The lowest BCUT2D eigenvalue weighted by Gasteiger charge is -2.03. The molecule has 9 nitrogen and oxygen atoms in total. The maximum atomic E-state index is 11.0. The third kappa shape index (κ3) is 4.77. The van der Waals surface area contributed by atoms with Gasteiger partial charge in [-0.1, -0.05) is 18.2 Å². The Balaban J connectivity index is 1.74. The molecule has 0 spiro atoms. The fraction of sp³-hybridized carbons (Fsp3) is 0.0417. The van der Waals surface area contributed by atoms with E-state index in [0.29, 0.717) is 28.3 Å². The van der Waals surface area contributed by atoms with Crippen molar-refractivity contribution < 1.29 is 14.6 Å². The second kappa shape index (κ2) is 9.15. The molecule has 164 valence electrons. The Morgan fingerprint density at radius 3 is 1.85 bits per heavy atom. The number of methoxy groups -OCH3 is 1. The van der Waals surface area contributed by atoms with Gasteiger partial charge in [-0.3, -0.25) is 20.2 Å². The van der Waals surface area contributed by atoms with Crippen molar-refractivity contribution in [1.29, 1.82) is 0 Å². The number of nitrogens with zero attached hydrogens (tertiary/aromatic N) is 3. The van der Waals surface area contributed by atoms with Crippen molar-refractivity contribution in [3.05, 3.63) is 104 Å². The first-order chi connectivity index (χ1) is 15.9. The van der Waals surface area contributed by atoms with Crippen molar-refractivity contribution >= 4 is 23.5 Å². The van der Waals surface area contributed by atoms with E-state index in [4.69, 9.17) is 4.74 Å². The molecular weight excluding hydrogens is 424 g/mol. The number of nitro groups is 2. The second-order valence-corrected chi connectivity index (χ2v) is 7.06. The van der Waals surface area contributed by atoms with Crippen LogP contribution in [-0.4, -0.2) is 26.9 Å². The van der Waals surface area contributed by atoms with E-state index in [2.05, 4.69) is 9.97 Å². The maximum Gasteiger partial charge on any atom is 0.269 e. The van der Waals surface area contributed by atoms with Crippen LogP contribution >= 0.6 is 0 Å². The van der Waals surface area contributed by atoms with Crippen molar-refractivity contribution in [3.8, 4) is 28.3 Å². The highest BCUT2D eigenvalue weighted by molar-refractivity contribution is 5.81. The highest BCUT2D eigenvalue weighted by Crippen LogP contribution is 2.32. The fourth-order valence-corrected chi connectivity index (χ4v) is 3.27. The zero-order valence-electron chi connectivity index (χ0n) is 17.5. The lowest BCUT2D eigenvalue weighted by atomic mass is 10.0. The van der Waals surface area contributed by atoms with Gasteiger partial charge in [0.2, 0.25) is 0 Å². The molecule has 0 atom stereocenters. The summed E-state index contributed by atoms with van der Waals surface area (Å²) in [5.41, 5.74) is 3.50. The van der Waals surface area contributed by atoms with Gasteiger partial charge < -0.3 is 9.72 Å². The highest BCUT2D eigenvalue weighted by atomic mass is 16.6. The topological polar surface area (TPSA) is 124 Å². The number of nitrogens with one attached hydrogen (secondary N) is 1. The standard InChI is InChI=1S/C24H18N4O5/c1-33-21-13-2-16(3-14-21)4-15-22-25-23(17-5-9-19(10-6-17)27(29)30)24(26-22)18-7-11-20(12-8-18)28(31)32/h2-15H,1H3,(H,25,26)/b15-4+. The number of ether oxygens (including phenoxy) is 1. The summed E-state index contributed by atoms with van der Waals surface area (Å²) >= 11 is 0. The molecule has 0 saturated carbocycles. The van der Waals surface area contributed by atoms with Gasteiger partial charge in [0.1, 0.15) is 11.6 Å². The third-order valence-corrected chi connectivity index (χ3v) is 4.99. The molecular formula is C24H18N4O5. The Kier molecular flexibility index (Phi) is 5.94. The zero-order chi connectivity index (χ0) is 23.4. The molecule has 4 rings (SSSR count). The summed E-state index contributed by atoms with van der Waals surface area (Å²) in [6.07, 6.45) is 3.70. The van der Waals surface area contributed by atoms with Crippen LogP contribution in [0.3, 0.4) is 0 Å². The average Bonchev–Trinajstić information content (AvgIpc) is 3.27. The molecule has 0 amide bonds. The molecule has 0 fully saturated rings. The monoisotopic (exact) mass is 442 g/mol. The summed E-state index contributed by atoms with van der Waals surface area (Å²) < 4.78 is 5.17. The molecule has 0 bridgehead atoms. The van der Waals surface area contributed by atoms with E-state index in [1.807, 2.05) is 36.4 Å². The minimum Gasteiger partial charge on any atom is -0.497 e. The summed E-state index contributed by atoms with van der Waals surface area (Å²) in [6.45, 7) is 0. The van der Waals surface area contributed by atoms with Crippen molar-refractivity contribution in [2.24, 2.45) is 0 Å². The van der Waals surface area contributed by atoms with Gasteiger partial charge in [-0.25, -0.2) is 4.98 Å². The second-order valence-electron chi connectivity index (χ2n) is 7.06. The Bertz CT molecular complexity index is 1250. The summed E-state index contributed by atoms with van der Waals surface area (Å²) in [7, 11) is 1.60. The van der Waals surface area contributed by atoms with Gasteiger partial charge in [-0.15, -0.1) is 0 Å². The SMILES string of the molecule is COc1ccc(/C=C/c2nc(-c3ccc([N+](=O)[O-])cc3)c(-c3ccc([N+](=O)[O-])cc3)[nH]2)cc1. The molecule has 4 aromatic rings. The van der Waals surface area contributed by atoms with E-state index < -0.39 is 9.85 Å². The molecule has 0 radical (unpaired) electrons. The zero-order valence-corrected chi connectivity index (χ0v) is 17.5. The molecule has 3 aromatic carbocycles. The number of aromatic amines is 1. The number of rotatable bonds is 7. The van der Waals surface area contributed by atoms with Crippen LogP contribution < -0.4 is 4.74 Å². The van der Waals surface area contributed by atoms with Gasteiger partial charge in [-0.05, 0) is 48.0 Å². The quantitative estimate of drug-likeness (QED) is 0.287. The normalized spacial score (nSPS) is 10.9. The number of H-pyrrole nitrogens is 1.